The second-order valence-corrected chi connectivity index (χ2v) is 12.8. The zero-order valence-electron chi connectivity index (χ0n) is 21.9. The summed E-state index contributed by atoms with van der Waals surface area (Å²) in [6, 6.07) is 7.90. The van der Waals surface area contributed by atoms with Crippen molar-refractivity contribution in [1.29, 1.82) is 0 Å². The summed E-state index contributed by atoms with van der Waals surface area (Å²) in [5, 5.41) is 10.5. The maximum atomic E-state index is 14.3. The molecule has 4 amide bonds. The highest BCUT2D eigenvalue weighted by molar-refractivity contribution is 9.10. The van der Waals surface area contributed by atoms with Crippen LogP contribution in [0.2, 0.25) is 0 Å². The van der Waals surface area contributed by atoms with Gasteiger partial charge in [-0.1, -0.05) is 11.6 Å². The van der Waals surface area contributed by atoms with E-state index in [1.54, 1.807) is 13.0 Å². The Morgan fingerprint density at radius 1 is 1.07 bits per heavy atom. The molecule has 214 valence electrons. The number of methoxy groups -OCH3 is 1. The van der Waals surface area contributed by atoms with Crippen molar-refractivity contribution in [2.24, 2.45) is 17.8 Å². The van der Waals surface area contributed by atoms with Crippen molar-refractivity contribution in [3.05, 3.63) is 63.9 Å². The number of alkyl halides is 2. The van der Waals surface area contributed by atoms with Gasteiger partial charge in [0.05, 0.1) is 29.1 Å². The molecule has 0 bridgehead atoms. The monoisotopic (exact) mass is 664 g/mol. The molecule has 6 rings (SSSR count). The lowest BCUT2D eigenvalue weighted by atomic mass is 9.56. The SMILES string of the molecule is CCN1C(=O)C2CC=C3C(CC4(Cl)C(=O)N(c5ccc(F)cc5)C(=O)C4(Cl)C3c3cc(Br)c(O)c(OC)c3)C2C1=O. The van der Waals surface area contributed by atoms with Gasteiger partial charge in [0, 0.05) is 12.5 Å². The van der Waals surface area contributed by atoms with E-state index < -0.39 is 51.1 Å². The first-order valence-corrected chi connectivity index (χ1v) is 14.6. The van der Waals surface area contributed by atoms with E-state index >= 15 is 0 Å². The largest absolute Gasteiger partial charge is 0.503 e. The fourth-order valence-electron chi connectivity index (χ4n) is 7.07. The number of carbonyl (C=O) groups is 4. The van der Waals surface area contributed by atoms with Gasteiger partial charge in [-0.05, 0) is 83.6 Å². The number of hydrogen-bond acceptors (Lipinski definition) is 6. The number of phenols is 1. The molecule has 0 aromatic heterocycles. The van der Waals surface area contributed by atoms with E-state index in [1.807, 2.05) is 6.08 Å². The number of likely N-dealkylation sites (tertiary alicyclic amines) is 1. The van der Waals surface area contributed by atoms with Gasteiger partial charge in [-0.2, -0.15) is 0 Å². The zero-order chi connectivity index (χ0) is 29.6. The van der Waals surface area contributed by atoms with Crippen LogP contribution in [0.3, 0.4) is 0 Å². The number of aromatic hydroxyl groups is 1. The van der Waals surface area contributed by atoms with Crippen molar-refractivity contribution < 1.29 is 33.4 Å². The van der Waals surface area contributed by atoms with Crippen LogP contribution in [0.5, 0.6) is 11.5 Å². The third-order valence-electron chi connectivity index (χ3n) is 8.91. The molecule has 6 unspecified atom stereocenters. The smallest absolute Gasteiger partial charge is 0.258 e. The predicted octanol–water partition coefficient (Wildman–Crippen LogP) is 4.89. The molecule has 2 saturated heterocycles. The van der Waals surface area contributed by atoms with E-state index in [0.29, 0.717) is 11.1 Å². The van der Waals surface area contributed by atoms with Crippen LogP contribution in [-0.2, 0) is 19.2 Å². The quantitative estimate of drug-likeness (QED) is 0.284. The van der Waals surface area contributed by atoms with E-state index in [-0.39, 0.29) is 52.9 Å². The maximum absolute atomic E-state index is 14.3. The van der Waals surface area contributed by atoms with E-state index in [4.69, 9.17) is 27.9 Å². The van der Waals surface area contributed by atoms with Crippen LogP contribution >= 0.6 is 39.1 Å². The third-order valence-corrected chi connectivity index (χ3v) is 10.9. The molecule has 2 aromatic carbocycles. The lowest BCUT2D eigenvalue weighted by Gasteiger charge is -2.50. The van der Waals surface area contributed by atoms with E-state index in [2.05, 4.69) is 15.9 Å². The van der Waals surface area contributed by atoms with Gasteiger partial charge >= 0.3 is 0 Å². The van der Waals surface area contributed by atoms with Crippen molar-refractivity contribution in [1.82, 2.24) is 4.90 Å². The van der Waals surface area contributed by atoms with Crippen LogP contribution in [0.1, 0.15) is 31.2 Å². The van der Waals surface area contributed by atoms with E-state index in [9.17, 15) is 28.7 Å². The first kappa shape index (κ1) is 28.2. The van der Waals surface area contributed by atoms with Crippen molar-refractivity contribution in [3.8, 4) is 11.5 Å². The van der Waals surface area contributed by atoms with Crippen molar-refractivity contribution >= 4 is 68.4 Å². The number of carbonyl (C=O) groups excluding carboxylic acids is 4. The Kier molecular flexibility index (Phi) is 6.56. The third kappa shape index (κ3) is 3.63. The summed E-state index contributed by atoms with van der Waals surface area (Å²) >= 11 is 17.9. The van der Waals surface area contributed by atoms with Crippen LogP contribution in [0.25, 0.3) is 0 Å². The molecule has 2 aliphatic heterocycles. The number of benzene rings is 2. The molecule has 6 atom stereocenters. The molecule has 1 N–H and O–H groups in total. The standard InChI is InChI=1S/C29H24BrCl2FN2O6/c1-3-34-24(37)17-9-8-16-18(21(17)25(34)38)12-28(31)26(39)35(15-6-4-14(33)5-7-15)27(40)29(28,32)22(16)13-10-19(30)23(36)20(11-13)41-2/h4-8,10-11,17-18,21-22,36H,3,9,12H2,1-2H3. The summed E-state index contributed by atoms with van der Waals surface area (Å²) < 4.78 is 19.4. The molecule has 8 nitrogen and oxygen atoms in total. The van der Waals surface area contributed by atoms with Gasteiger partial charge in [-0.25, -0.2) is 9.29 Å². The molecule has 2 aromatic rings. The Morgan fingerprint density at radius 3 is 2.39 bits per heavy atom. The Hall–Kier alpha value is -2.95. The van der Waals surface area contributed by atoms with Gasteiger partial charge in [0.1, 0.15) is 5.82 Å². The number of hydrogen-bond donors (Lipinski definition) is 1. The van der Waals surface area contributed by atoms with E-state index in [1.165, 1.54) is 30.2 Å². The molecule has 2 aliphatic carbocycles. The highest BCUT2D eigenvalue weighted by Crippen LogP contribution is 2.66. The summed E-state index contributed by atoms with van der Waals surface area (Å²) in [5.41, 5.74) is 1.11. The molecule has 0 spiro atoms. The number of phenolic OH excluding ortho intramolecular Hbond substituents is 1. The topological polar surface area (TPSA) is 104 Å². The lowest BCUT2D eigenvalue weighted by molar-refractivity contribution is -0.140. The molecule has 2 heterocycles. The summed E-state index contributed by atoms with van der Waals surface area (Å²) in [6.07, 6.45) is 1.90. The van der Waals surface area contributed by atoms with Crippen molar-refractivity contribution in [3.63, 3.8) is 0 Å². The number of imide groups is 2. The summed E-state index contributed by atoms with van der Waals surface area (Å²) in [6.45, 7) is 1.93. The van der Waals surface area contributed by atoms with Gasteiger partial charge in [0.25, 0.3) is 11.8 Å². The van der Waals surface area contributed by atoms with Gasteiger partial charge in [0.2, 0.25) is 11.8 Å². The second kappa shape index (κ2) is 9.54. The minimum absolute atomic E-state index is 0.0858. The average Bonchev–Trinajstić information content (AvgIpc) is 3.28. The number of halogens is 4. The van der Waals surface area contributed by atoms with Crippen LogP contribution in [0, 0.1) is 23.6 Å². The number of allylic oxidation sites excluding steroid dienone is 2. The van der Waals surface area contributed by atoms with Crippen molar-refractivity contribution in [2.45, 2.75) is 35.4 Å². The minimum atomic E-state index is -2.08. The highest BCUT2D eigenvalue weighted by Gasteiger charge is 2.76. The number of amides is 4. The fourth-order valence-corrected chi connectivity index (χ4v) is 8.46. The Bertz CT molecular complexity index is 1570. The molecule has 41 heavy (non-hydrogen) atoms. The van der Waals surface area contributed by atoms with Gasteiger partial charge in [-0.15, -0.1) is 23.2 Å². The minimum Gasteiger partial charge on any atom is -0.503 e. The number of ether oxygens (including phenoxy) is 1. The van der Waals surface area contributed by atoms with Crippen molar-refractivity contribution in [2.75, 3.05) is 18.6 Å². The Labute approximate surface area is 253 Å². The summed E-state index contributed by atoms with van der Waals surface area (Å²) in [4.78, 5) is 53.1. The molecule has 12 heteroatoms. The second-order valence-electron chi connectivity index (χ2n) is 10.7. The number of nitrogens with zero attached hydrogens (tertiary/aromatic N) is 2. The molecular weight excluding hydrogens is 642 g/mol. The molecular formula is C29H24BrCl2FN2O6. The van der Waals surface area contributed by atoms with Crippen LogP contribution in [0.15, 0.2) is 52.5 Å². The van der Waals surface area contributed by atoms with Gasteiger partial charge < -0.3 is 9.84 Å². The summed E-state index contributed by atoms with van der Waals surface area (Å²) in [7, 11) is 1.37. The van der Waals surface area contributed by atoms with Gasteiger partial charge in [0.15, 0.2) is 21.2 Å². The molecule has 4 aliphatic rings. The van der Waals surface area contributed by atoms with Gasteiger partial charge in [-0.3, -0.25) is 24.1 Å². The Morgan fingerprint density at radius 2 is 1.76 bits per heavy atom. The number of anilines is 1. The molecule has 3 fully saturated rings. The van der Waals surface area contributed by atoms with E-state index in [0.717, 1.165) is 17.0 Å². The fraction of sp³-hybridized carbons (Fsp3) is 0.379. The normalized spacial score (nSPS) is 32.6. The number of fused-ring (bicyclic) bond motifs is 4. The lowest BCUT2D eigenvalue weighted by Crippen LogP contribution is -2.60. The zero-order valence-corrected chi connectivity index (χ0v) is 25.0. The van der Waals surface area contributed by atoms with Crippen LogP contribution in [-0.4, -0.2) is 57.0 Å². The maximum Gasteiger partial charge on any atom is 0.258 e. The first-order valence-electron chi connectivity index (χ1n) is 13.0. The average molecular weight is 666 g/mol. The molecule has 0 radical (unpaired) electrons. The van der Waals surface area contributed by atoms with Crippen LogP contribution in [0.4, 0.5) is 10.1 Å². The highest BCUT2D eigenvalue weighted by atomic mass is 79.9. The Balaban J connectivity index is 1.59. The molecule has 1 saturated carbocycles. The van der Waals surface area contributed by atoms with Crippen LogP contribution < -0.4 is 9.64 Å². The summed E-state index contributed by atoms with van der Waals surface area (Å²) in [5.74, 6) is -6.03. The number of rotatable bonds is 4. The first-order chi connectivity index (χ1) is 19.4. The predicted molar refractivity (Wildman–Crippen MR) is 151 cm³/mol.